The Balaban J connectivity index is 1.79. The average molecular weight is 276 g/mol. The Morgan fingerprint density at radius 1 is 1.35 bits per heavy atom. The monoisotopic (exact) mass is 276 g/mol. The summed E-state index contributed by atoms with van der Waals surface area (Å²) in [6.45, 7) is 2.48. The van der Waals surface area contributed by atoms with Gasteiger partial charge in [0.2, 0.25) is 0 Å². The van der Waals surface area contributed by atoms with Crippen LogP contribution in [0, 0.1) is 18.7 Å². The molecule has 1 atom stereocenters. The maximum absolute atomic E-state index is 13.2. The largest absolute Gasteiger partial charge is 0.375 e. The second-order valence-electron chi connectivity index (χ2n) is 6.25. The van der Waals surface area contributed by atoms with Crippen LogP contribution in [-0.2, 0) is 4.74 Å². The summed E-state index contributed by atoms with van der Waals surface area (Å²) in [5.41, 5.74) is 1.36. The number of halogens is 1. The predicted octanol–water partition coefficient (Wildman–Crippen LogP) is 4.06. The first-order valence-electron chi connectivity index (χ1n) is 7.54. The molecular weight excluding hydrogens is 255 g/mol. The van der Waals surface area contributed by atoms with Crippen LogP contribution in [0.3, 0.4) is 0 Å². The Morgan fingerprint density at radius 2 is 2.10 bits per heavy atom. The normalized spacial score (nSPS) is 25.0. The van der Waals surface area contributed by atoms with Crippen molar-refractivity contribution >= 4 is 5.78 Å². The molecule has 1 aliphatic heterocycles. The fourth-order valence-electron chi connectivity index (χ4n) is 3.74. The van der Waals surface area contributed by atoms with E-state index in [-0.39, 0.29) is 23.1 Å². The number of carbonyl (C=O) groups is 1. The Labute approximate surface area is 119 Å². The highest BCUT2D eigenvalue weighted by Gasteiger charge is 2.42. The average Bonchev–Trinajstić information content (AvgIpc) is 2.86. The summed E-state index contributed by atoms with van der Waals surface area (Å²) in [6.07, 6.45) is 6.20. The molecule has 0 amide bonds. The third kappa shape index (κ3) is 2.51. The highest BCUT2D eigenvalue weighted by Crippen LogP contribution is 2.42. The minimum Gasteiger partial charge on any atom is -0.375 e. The SMILES string of the molecule is Cc1cc(F)ccc1C(=O)C1CCOC2(CCCC2)C1. The van der Waals surface area contributed by atoms with E-state index in [0.717, 1.165) is 31.2 Å². The quantitative estimate of drug-likeness (QED) is 0.761. The Hall–Kier alpha value is -1.22. The van der Waals surface area contributed by atoms with Crippen LogP contribution in [0.5, 0.6) is 0 Å². The summed E-state index contributed by atoms with van der Waals surface area (Å²) in [6, 6.07) is 4.45. The van der Waals surface area contributed by atoms with Crippen LogP contribution >= 0.6 is 0 Å². The van der Waals surface area contributed by atoms with Crippen molar-refractivity contribution in [3.05, 3.63) is 35.1 Å². The molecule has 108 valence electrons. The Kier molecular flexibility index (Phi) is 3.63. The lowest BCUT2D eigenvalue weighted by atomic mass is 9.80. The van der Waals surface area contributed by atoms with Crippen molar-refractivity contribution in [3.8, 4) is 0 Å². The molecule has 1 saturated heterocycles. The molecule has 20 heavy (non-hydrogen) atoms. The van der Waals surface area contributed by atoms with Crippen molar-refractivity contribution in [2.75, 3.05) is 6.61 Å². The number of aryl methyl sites for hydroxylation is 1. The van der Waals surface area contributed by atoms with Crippen LogP contribution < -0.4 is 0 Å². The van der Waals surface area contributed by atoms with Crippen LogP contribution in [0.4, 0.5) is 4.39 Å². The zero-order valence-electron chi connectivity index (χ0n) is 12.0. The number of carbonyl (C=O) groups excluding carboxylic acids is 1. The Bertz CT molecular complexity index is 518. The fourth-order valence-corrected chi connectivity index (χ4v) is 3.74. The van der Waals surface area contributed by atoms with Crippen molar-refractivity contribution in [2.24, 2.45) is 5.92 Å². The standard InChI is InChI=1S/C17H21FO2/c1-12-10-14(18)4-5-15(12)16(19)13-6-9-20-17(11-13)7-2-3-8-17/h4-5,10,13H,2-3,6-9,11H2,1H3. The maximum Gasteiger partial charge on any atom is 0.166 e. The van der Waals surface area contributed by atoms with Crippen molar-refractivity contribution in [1.29, 1.82) is 0 Å². The predicted molar refractivity (Wildman–Crippen MR) is 75.3 cm³/mol. The molecule has 0 radical (unpaired) electrons. The molecule has 1 aromatic carbocycles. The van der Waals surface area contributed by atoms with Crippen molar-refractivity contribution in [3.63, 3.8) is 0 Å². The van der Waals surface area contributed by atoms with Gasteiger partial charge in [0.25, 0.3) is 0 Å². The molecule has 1 aromatic rings. The molecule has 0 aromatic heterocycles. The summed E-state index contributed by atoms with van der Waals surface area (Å²) >= 11 is 0. The highest BCUT2D eigenvalue weighted by molar-refractivity contribution is 5.99. The first kappa shape index (κ1) is 13.7. The van der Waals surface area contributed by atoms with Gasteiger partial charge in [0.15, 0.2) is 5.78 Å². The molecule has 2 aliphatic rings. The van der Waals surface area contributed by atoms with Gasteiger partial charge in [-0.1, -0.05) is 12.8 Å². The van der Waals surface area contributed by atoms with E-state index in [1.807, 2.05) is 0 Å². The molecule has 1 unspecified atom stereocenters. The van der Waals surface area contributed by atoms with Gasteiger partial charge in [-0.3, -0.25) is 4.79 Å². The lowest BCUT2D eigenvalue weighted by Crippen LogP contribution is -2.39. The van der Waals surface area contributed by atoms with E-state index in [9.17, 15) is 9.18 Å². The summed E-state index contributed by atoms with van der Waals surface area (Å²) < 4.78 is 19.1. The van der Waals surface area contributed by atoms with Gasteiger partial charge in [-0.05, 0) is 56.4 Å². The topological polar surface area (TPSA) is 26.3 Å². The van der Waals surface area contributed by atoms with E-state index in [0.29, 0.717) is 12.2 Å². The molecule has 1 aliphatic carbocycles. The lowest BCUT2D eigenvalue weighted by molar-refractivity contribution is -0.0866. The first-order valence-corrected chi connectivity index (χ1v) is 7.54. The van der Waals surface area contributed by atoms with Crippen LogP contribution in [0.1, 0.15) is 54.4 Å². The minimum atomic E-state index is -0.279. The third-order valence-corrected chi connectivity index (χ3v) is 4.83. The highest BCUT2D eigenvalue weighted by atomic mass is 19.1. The zero-order valence-corrected chi connectivity index (χ0v) is 12.0. The van der Waals surface area contributed by atoms with Crippen molar-refractivity contribution in [1.82, 2.24) is 0 Å². The number of Topliss-reactive ketones (excluding diaryl/α,β-unsaturated/α-hetero) is 1. The summed E-state index contributed by atoms with van der Waals surface area (Å²) in [5.74, 6) is -0.0821. The number of hydrogen-bond acceptors (Lipinski definition) is 2. The smallest absolute Gasteiger partial charge is 0.166 e. The number of rotatable bonds is 2. The van der Waals surface area contributed by atoms with E-state index in [4.69, 9.17) is 4.74 Å². The first-order chi connectivity index (χ1) is 9.60. The molecule has 1 heterocycles. The van der Waals surface area contributed by atoms with Crippen LogP contribution in [0.2, 0.25) is 0 Å². The summed E-state index contributed by atoms with van der Waals surface area (Å²) in [4.78, 5) is 12.7. The molecule has 0 N–H and O–H groups in total. The zero-order chi connectivity index (χ0) is 14.2. The van der Waals surface area contributed by atoms with E-state index in [1.165, 1.54) is 25.0 Å². The van der Waals surface area contributed by atoms with Crippen molar-refractivity contribution in [2.45, 2.75) is 51.0 Å². The van der Waals surface area contributed by atoms with E-state index >= 15 is 0 Å². The molecule has 3 heteroatoms. The fraction of sp³-hybridized carbons (Fsp3) is 0.588. The summed E-state index contributed by atoms with van der Waals surface area (Å²) in [7, 11) is 0. The second kappa shape index (κ2) is 5.28. The molecule has 1 spiro atoms. The number of ether oxygens (including phenoxy) is 1. The van der Waals surface area contributed by atoms with Crippen LogP contribution in [0.25, 0.3) is 0 Å². The lowest BCUT2D eigenvalue weighted by Gasteiger charge is -2.37. The van der Waals surface area contributed by atoms with Gasteiger partial charge in [-0.15, -0.1) is 0 Å². The minimum absolute atomic E-state index is 0.0333. The number of hydrogen-bond donors (Lipinski definition) is 0. The van der Waals surface area contributed by atoms with Crippen LogP contribution in [0.15, 0.2) is 18.2 Å². The number of benzene rings is 1. The molecule has 2 fully saturated rings. The van der Waals surface area contributed by atoms with Gasteiger partial charge in [-0.2, -0.15) is 0 Å². The second-order valence-corrected chi connectivity index (χ2v) is 6.25. The molecule has 3 rings (SSSR count). The third-order valence-electron chi connectivity index (χ3n) is 4.83. The van der Waals surface area contributed by atoms with Crippen LogP contribution in [-0.4, -0.2) is 18.0 Å². The van der Waals surface area contributed by atoms with Crippen molar-refractivity contribution < 1.29 is 13.9 Å². The molecule has 0 bridgehead atoms. The van der Waals surface area contributed by atoms with Gasteiger partial charge >= 0.3 is 0 Å². The van der Waals surface area contributed by atoms with Gasteiger partial charge in [-0.25, -0.2) is 4.39 Å². The maximum atomic E-state index is 13.2. The van der Waals surface area contributed by atoms with E-state index < -0.39 is 0 Å². The van der Waals surface area contributed by atoms with Gasteiger partial charge < -0.3 is 4.74 Å². The van der Waals surface area contributed by atoms with E-state index in [2.05, 4.69) is 0 Å². The van der Waals surface area contributed by atoms with E-state index in [1.54, 1.807) is 13.0 Å². The molecule has 2 nitrogen and oxygen atoms in total. The van der Waals surface area contributed by atoms with Gasteiger partial charge in [0.1, 0.15) is 5.82 Å². The molecule has 1 saturated carbocycles. The van der Waals surface area contributed by atoms with Gasteiger partial charge in [0, 0.05) is 18.1 Å². The molecular formula is C17H21FO2. The summed E-state index contributed by atoms with van der Waals surface area (Å²) in [5, 5.41) is 0. The number of ketones is 1. The Morgan fingerprint density at radius 3 is 2.80 bits per heavy atom. The van der Waals surface area contributed by atoms with Gasteiger partial charge in [0.05, 0.1) is 5.60 Å².